The van der Waals surface area contributed by atoms with Gasteiger partial charge in [-0.2, -0.15) is 0 Å². The van der Waals surface area contributed by atoms with Crippen molar-refractivity contribution in [2.75, 3.05) is 26.4 Å². The third kappa shape index (κ3) is 0.803. The third-order valence-corrected chi connectivity index (χ3v) is 1.97. The van der Waals surface area contributed by atoms with E-state index in [1.54, 1.807) is 0 Å². The Morgan fingerprint density at radius 1 is 1.70 bits per heavy atom. The molecule has 1 amide bonds. The second-order valence-corrected chi connectivity index (χ2v) is 2.62. The van der Waals surface area contributed by atoms with Gasteiger partial charge in [0.2, 0.25) is 5.91 Å². The molecule has 1 atom stereocenters. The normalized spacial score (nSPS) is 33.6. The smallest absolute Gasteiger partial charge is 0.239 e. The summed E-state index contributed by atoms with van der Waals surface area (Å²) in [5, 5.41) is 2.79. The van der Waals surface area contributed by atoms with E-state index in [4.69, 9.17) is 4.74 Å². The molecule has 2 heterocycles. The maximum absolute atomic E-state index is 11.0. The number of ether oxygens (including phenoxy) is 1. The fourth-order valence-corrected chi connectivity index (χ4v) is 1.38. The fraction of sp³-hybridized carbons (Fsp3) is 0.833. The number of carbonyl (C=O) groups excluding carboxylic acids is 1. The first-order valence-corrected chi connectivity index (χ1v) is 3.47. The summed E-state index contributed by atoms with van der Waals surface area (Å²) in [4.78, 5) is 13.1. The number of hydrogen-bond donors (Lipinski definition) is 1. The summed E-state index contributed by atoms with van der Waals surface area (Å²) < 4.78 is 5.13. The highest BCUT2D eigenvalue weighted by Gasteiger charge is 2.33. The summed E-state index contributed by atoms with van der Waals surface area (Å²) in [6.45, 7) is 2.87. The summed E-state index contributed by atoms with van der Waals surface area (Å²) in [6, 6.07) is -0.00579. The first kappa shape index (κ1) is 6.12. The molecule has 2 aliphatic heterocycles. The molecule has 4 nitrogen and oxygen atoms in total. The van der Waals surface area contributed by atoms with E-state index in [1.165, 1.54) is 0 Å². The van der Waals surface area contributed by atoms with Crippen molar-refractivity contribution >= 4 is 5.91 Å². The van der Waals surface area contributed by atoms with Gasteiger partial charge >= 0.3 is 0 Å². The van der Waals surface area contributed by atoms with E-state index in [0.29, 0.717) is 13.3 Å². The van der Waals surface area contributed by atoms with Gasteiger partial charge in [0.25, 0.3) is 0 Å². The lowest BCUT2D eigenvalue weighted by Gasteiger charge is -2.26. The molecule has 1 unspecified atom stereocenters. The highest BCUT2D eigenvalue weighted by atomic mass is 16.5. The van der Waals surface area contributed by atoms with E-state index in [9.17, 15) is 4.79 Å². The highest BCUT2D eigenvalue weighted by Crippen LogP contribution is 2.10. The summed E-state index contributed by atoms with van der Waals surface area (Å²) in [5.74, 6) is 0.115. The van der Waals surface area contributed by atoms with Crippen LogP contribution >= 0.6 is 0 Å². The van der Waals surface area contributed by atoms with Gasteiger partial charge in [0.1, 0.15) is 6.04 Å². The van der Waals surface area contributed by atoms with Crippen molar-refractivity contribution < 1.29 is 9.53 Å². The van der Waals surface area contributed by atoms with Gasteiger partial charge in [-0.3, -0.25) is 9.69 Å². The Morgan fingerprint density at radius 2 is 2.60 bits per heavy atom. The molecule has 0 aromatic heterocycles. The molecule has 1 N–H and O–H groups in total. The van der Waals surface area contributed by atoms with E-state index >= 15 is 0 Å². The Labute approximate surface area is 59.1 Å². The van der Waals surface area contributed by atoms with Crippen molar-refractivity contribution in [2.24, 2.45) is 0 Å². The van der Waals surface area contributed by atoms with E-state index in [-0.39, 0.29) is 11.9 Å². The zero-order valence-electron chi connectivity index (χ0n) is 5.67. The number of nitrogens with one attached hydrogen (secondary N) is 1. The minimum Gasteiger partial charge on any atom is -0.364 e. The lowest BCUT2D eigenvalue weighted by molar-refractivity contribution is -0.127. The zero-order valence-corrected chi connectivity index (χ0v) is 5.67. The van der Waals surface area contributed by atoms with Crippen LogP contribution in [0.25, 0.3) is 0 Å². The average molecular weight is 142 g/mol. The van der Waals surface area contributed by atoms with Gasteiger partial charge < -0.3 is 10.1 Å². The quantitative estimate of drug-likeness (QED) is 0.460. The minimum atomic E-state index is -0.00579. The number of nitrogens with zero attached hydrogens (tertiary/aromatic N) is 1. The van der Waals surface area contributed by atoms with Crippen LogP contribution in [0.5, 0.6) is 0 Å². The second kappa shape index (κ2) is 2.21. The van der Waals surface area contributed by atoms with E-state index in [0.717, 1.165) is 13.1 Å². The maximum Gasteiger partial charge on any atom is 0.239 e. The van der Waals surface area contributed by atoms with Crippen LogP contribution in [0.4, 0.5) is 0 Å². The lowest BCUT2D eigenvalue weighted by Crippen LogP contribution is -2.53. The van der Waals surface area contributed by atoms with Gasteiger partial charge in [-0.15, -0.1) is 0 Å². The van der Waals surface area contributed by atoms with Crippen LogP contribution < -0.4 is 5.32 Å². The summed E-state index contributed by atoms with van der Waals surface area (Å²) in [6.07, 6.45) is 0. The molecule has 2 fully saturated rings. The molecule has 0 spiro atoms. The van der Waals surface area contributed by atoms with Crippen molar-refractivity contribution in [2.45, 2.75) is 6.04 Å². The zero-order chi connectivity index (χ0) is 6.97. The molecule has 0 saturated carbocycles. The number of amides is 1. The fourth-order valence-electron chi connectivity index (χ4n) is 1.38. The van der Waals surface area contributed by atoms with Crippen LogP contribution in [0, 0.1) is 0 Å². The first-order chi connectivity index (χ1) is 4.88. The first-order valence-electron chi connectivity index (χ1n) is 3.47. The van der Waals surface area contributed by atoms with Gasteiger partial charge in [0.05, 0.1) is 13.3 Å². The second-order valence-electron chi connectivity index (χ2n) is 2.62. The Balaban J connectivity index is 2.10. The van der Waals surface area contributed by atoms with Crippen LogP contribution in [0.3, 0.4) is 0 Å². The predicted octanol–water partition coefficient (Wildman–Crippen LogP) is -1.23. The molecule has 0 aliphatic carbocycles. The SMILES string of the molecule is O=C1NCCN2COCC12. The van der Waals surface area contributed by atoms with E-state index < -0.39 is 0 Å². The summed E-state index contributed by atoms with van der Waals surface area (Å²) in [5.41, 5.74) is 0. The van der Waals surface area contributed by atoms with E-state index in [2.05, 4.69) is 10.2 Å². The Bertz CT molecular complexity index is 160. The molecule has 2 saturated heterocycles. The van der Waals surface area contributed by atoms with Gasteiger partial charge in [-0.05, 0) is 0 Å². The lowest BCUT2D eigenvalue weighted by atomic mass is 10.2. The van der Waals surface area contributed by atoms with Gasteiger partial charge in [0, 0.05) is 13.1 Å². The molecule has 10 heavy (non-hydrogen) atoms. The predicted molar refractivity (Wildman–Crippen MR) is 34.3 cm³/mol. The Kier molecular flexibility index (Phi) is 1.35. The van der Waals surface area contributed by atoms with Crippen LogP contribution in [0.2, 0.25) is 0 Å². The third-order valence-electron chi connectivity index (χ3n) is 1.97. The molecule has 0 radical (unpaired) electrons. The average Bonchev–Trinajstić information content (AvgIpc) is 2.36. The van der Waals surface area contributed by atoms with Gasteiger partial charge in [-0.1, -0.05) is 0 Å². The topological polar surface area (TPSA) is 41.6 Å². The number of rotatable bonds is 0. The molecular weight excluding hydrogens is 132 g/mol. The summed E-state index contributed by atoms with van der Waals surface area (Å²) >= 11 is 0. The molecule has 4 heteroatoms. The monoisotopic (exact) mass is 142 g/mol. The molecular formula is C6H10N2O2. The molecule has 56 valence electrons. The minimum absolute atomic E-state index is 0.00579. The molecule has 0 bridgehead atoms. The van der Waals surface area contributed by atoms with Crippen LogP contribution in [0.15, 0.2) is 0 Å². The number of piperazine rings is 1. The number of carbonyl (C=O) groups is 1. The van der Waals surface area contributed by atoms with Crippen LogP contribution in [0.1, 0.15) is 0 Å². The Morgan fingerprint density at radius 3 is 3.40 bits per heavy atom. The maximum atomic E-state index is 11.0. The van der Waals surface area contributed by atoms with Crippen LogP contribution in [-0.2, 0) is 9.53 Å². The molecule has 2 aliphatic rings. The largest absolute Gasteiger partial charge is 0.364 e. The van der Waals surface area contributed by atoms with Gasteiger partial charge in [0.15, 0.2) is 0 Å². The molecule has 0 aromatic rings. The standard InChI is InChI=1S/C6H10N2O2/c9-6-5-3-10-4-8(5)2-1-7-6/h5H,1-4H2,(H,7,9). The van der Waals surface area contributed by atoms with Crippen molar-refractivity contribution in [3.8, 4) is 0 Å². The highest BCUT2D eigenvalue weighted by molar-refractivity contribution is 5.82. The molecule has 0 aromatic carbocycles. The van der Waals surface area contributed by atoms with Gasteiger partial charge in [-0.25, -0.2) is 0 Å². The van der Waals surface area contributed by atoms with E-state index in [1.807, 2.05) is 0 Å². The summed E-state index contributed by atoms with van der Waals surface area (Å²) in [7, 11) is 0. The van der Waals surface area contributed by atoms with Crippen molar-refractivity contribution in [1.29, 1.82) is 0 Å². The number of hydrogen-bond acceptors (Lipinski definition) is 3. The van der Waals surface area contributed by atoms with Crippen molar-refractivity contribution in [1.82, 2.24) is 10.2 Å². The van der Waals surface area contributed by atoms with Crippen LogP contribution in [-0.4, -0.2) is 43.3 Å². The molecule has 2 rings (SSSR count). The van der Waals surface area contributed by atoms with Crippen molar-refractivity contribution in [3.63, 3.8) is 0 Å². The van der Waals surface area contributed by atoms with Crippen molar-refractivity contribution in [3.05, 3.63) is 0 Å². The Hall–Kier alpha value is -0.610. The number of fused-ring (bicyclic) bond motifs is 1.